The van der Waals surface area contributed by atoms with E-state index in [1.165, 1.54) is 29.1 Å². The van der Waals surface area contributed by atoms with Gasteiger partial charge in [-0.1, -0.05) is 18.3 Å². The van der Waals surface area contributed by atoms with Crippen molar-refractivity contribution in [2.24, 2.45) is 12.8 Å². The summed E-state index contributed by atoms with van der Waals surface area (Å²) in [5, 5.41) is 6.45. The van der Waals surface area contributed by atoms with Gasteiger partial charge >= 0.3 is 0 Å². The van der Waals surface area contributed by atoms with Crippen molar-refractivity contribution in [2.75, 3.05) is 5.32 Å². The summed E-state index contributed by atoms with van der Waals surface area (Å²) in [7, 11) is 1.63. The Morgan fingerprint density at radius 3 is 2.79 bits per heavy atom. The third-order valence-corrected chi connectivity index (χ3v) is 2.77. The first-order valence-corrected chi connectivity index (χ1v) is 5.79. The molecule has 2 aromatic rings. The molecule has 2 rings (SSSR count). The molecule has 0 aliphatic carbocycles. The van der Waals surface area contributed by atoms with Gasteiger partial charge in [-0.05, 0) is 18.2 Å². The van der Waals surface area contributed by atoms with Crippen LogP contribution in [-0.2, 0) is 7.05 Å². The topological polar surface area (TPSA) is 72.9 Å². The number of nitrogens with zero attached hydrogens (tertiary/aromatic N) is 2. The normalized spacial score (nSPS) is 10.2. The number of aromatic nitrogens is 2. The Balaban J connectivity index is 2.35. The van der Waals surface area contributed by atoms with Crippen LogP contribution in [0.15, 0.2) is 30.5 Å². The molecule has 19 heavy (non-hydrogen) atoms. The van der Waals surface area contributed by atoms with Crippen LogP contribution < -0.4 is 11.1 Å². The minimum Gasteiger partial charge on any atom is -0.389 e. The van der Waals surface area contributed by atoms with E-state index in [2.05, 4.69) is 10.4 Å². The van der Waals surface area contributed by atoms with Gasteiger partial charge in [-0.2, -0.15) is 5.10 Å². The molecule has 0 spiro atoms. The summed E-state index contributed by atoms with van der Waals surface area (Å²) in [6.07, 6.45) is 1.50. The molecule has 1 amide bonds. The van der Waals surface area contributed by atoms with Crippen molar-refractivity contribution in [1.82, 2.24) is 9.78 Å². The third-order valence-electron chi connectivity index (χ3n) is 2.56. The molecular formula is C12H11FN4OS. The Morgan fingerprint density at radius 1 is 1.47 bits per heavy atom. The number of halogens is 1. The molecule has 0 aliphatic rings. The number of amides is 1. The quantitative estimate of drug-likeness (QED) is 0.833. The lowest BCUT2D eigenvalue weighted by Crippen LogP contribution is -2.20. The molecule has 98 valence electrons. The molecule has 5 nitrogen and oxygen atoms in total. The summed E-state index contributed by atoms with van der Waals surface area (Å²) < 4.78 is 15.0. The fourth-order valence-electron chi connectivity index (χ4n) is 1.66. The van der Waals surface area contributed by atoms with Gasteiger partial charge < -0.3 is 11.1 Å². The summed E-state index contributed by atoms with van der Waals surface area (Å²) in [6, 6.07) is 5.78. The van der Waals surface area contributed by atoms with E-state index in [1.807, 2.05) is 0 Å². The van der Waals surface area contributed by atoms with Crippen molar-refractivity contribution in [3.05, 3.63) is 47.5 Å². The molecule has 1 heterocycles. The van der Waals surface area contributed by atoms with Crippen LogP contribution in [0.4, 0.5) is 10.1 Å². The molecule has 0 aliphatic heterocycles. The van der Waals surface area contributed by atoms with Crippen molar-refractivity contribution in [1.29, 1.82) is 0 Å². The molecule has 0 saturated carbocycles. The van der Waals surface area contributed by atoms with E-state index in [9.17, 15) is 9.18 Å². The number of nitrogens with two attached hydrogens (primary N) is 1. The average molecular weight is 278 g/mol. The van der Waals surface area contributed by atoms with Gasteiger partial charge in [0.1, 0.15) is 16.5 Å². The van der Waals surface area contributed by atoms with E-state index in [-0.39, 0.29) is 16.2 Å². The van der Waals surface area contributed by atoms with E-state index in [1.54, 1.807) is 13.1 Å². The van der Waals surface area contributed by atoms with E-state index in [4.69, 9.17) is 18.0 Å². The highest BCUT2D eigenvalue weighted by molar-refractivity contribution is 7.80. The maximum atomic E-state index is 13.6. The van der Waals surface area contributed by atoms with Crippen molar-refractivity contribution in [3.8, 4) is 0 Å². The molecule has 1 aromatic carbocycles. The molecule has 7 heteroatoms. The Kier molecular flexibility index (Phi) is 3.57. The first-order chi connectivity index (χ1) is 9.00. The van der Waals surface area contributed by atoms with Gasteiger partial charge in [-0.3, -0.25) is 9.48 Å². The number of anilines is 1. The van der Waals surface area contributed by atoms with Crippen molar-refractivity contribution >= 4 is 28.8 Å². The van der Waals surface area contributed by atoms with Crippen molar-refractivity contribution in [3.63, 3.8) is 0 Å². The van der Waals surface area contributed by atoms with Gasteiger partial charge in [0.25, 0.3) is 5.91 Å². The van der Waals surface area contributed by atoms with Crippen LogP contribution in [0, 0.1) is 5.82 Å². The molecular weight excluding hydrogens is 267 g/mol. The smallest absolute Gasteiger partial charge is 0.273 e. The predicted octanol–water partition coefficient (Wildman–Crippen LogP) is 1.45. The summed E-state index contributed by atoms with van der Waals surface area (Å²) in [5.74, 6) is -0.988. The van der Waals surface area contributed by atoms with Crippen molar-refractivity contribution < 1.29 is 9.18 Å². The van der Waals surface area contributed by atoms with E-state index in [0.29, 0.717) is 5.69 Å². The first-order valence-electron chi connectivity index (χ1n) is 5.38. The van der Waals surface area contributed by atoms with E-state index >= 15 is 0 Å². The Bertz CT molecular complexity index is 653. The Hall–Kier alpha value is -2.28. The van der Waals surface area contributed by atoms with Gasteiger partial charge in [0.15, 0.2) is 0 Å². The lowest BCUT2D eigenvalue weighted by atomic mass is 10.1. The summed E-state index contributed by atoms with van der Waals surface area (Å²) in [6.45, 7) is 0. The lowest BCUT2D eigenvalue weighted by molar-refractivity contribution is 0.101. The maximum absolute atomic E-state index is 13.6. The standard InChI is InChI=1S/C12H11FN4OS/c1-17-9(5-6-15-17)12(18)16-8-4-2-3-7(13)10(8)11(14)19/h2-6H,1H3,(H2,14,19)(H,16,18). The predicted molar refractivity (Wildman–Crippen MR) is 73.4 cm³/mol. The highest BCUT2D eigenvalue weighted by atomic mass is 32.1. The SMILES string of the molecule is Cn1nccc1C(=O)Nc1cccc(F)c1C(N)=S. The van der Waals surface area contributed by atoms with Gasteiger partial charge in [0.2, 0.25) is 0 Å². The molecule has 0 saturated heterocycles. The number of rotatable bonds is 3. The largest absolute Gasteiger partial charge is 0.389 e. The number of nitrogens with one attached hydrogen (secondary N) is 1. The van der Waals surface area contributed by atoms with Crippen LogP contribution in [0.3, 0.4) is 0 Å². The van der Waals surface area contributed by atoms with Gasteiger partial charge in [-0.25, -0.2) is 4.39 Å². The number of benzene rings is 1. The number of hydrogen-bond acceptors (Lipinski definition) is 3. The van der Waals surface area contributed by atoms with Gasteiger partial charge in [0, 0.05) is 13.2 Å². The zero-order chi connectivity index (χ0) is 14.0. The monoisotopic (exact) mass is 278 g/mol. The lowest BCUT2D eigenvalue weighted by Gasteiger charge is -2.10. The van der Waals surface area contributed by atoms with E-state index < -0.39 is 11.7 Å². The number of hydrogen-bond donors (Lipinski definition) is 2. The van der Waals surface area contributed by atoms with Crippen LogP contribution >= 0.6 is 12.2 Å². The van der Waals surface area contributed by atoms with Crippen LogP contribution in [-0.4, -0.2) is 20.7 Å². The fraction of sp³-hybridized carbons (Fsp3) is 0.0833. The molecule has 0 fully saturated rings. The minimum atomic E-state index is -0.574. The molecule has 0 atom stereocenters. The highest BCUT2D eigenvalue weighted by Crippen LogP contribution is 2.19. The van der Waals surface area contributed by atoms with Crippen LogP contribution in [0.1, 0.15) is 16.1 Å². The molecule has 0 radical (unpaired) electrons. The van der Waals surface area contributed by atoms with Crippen LogP contribution in [0.25, 0.3) is 0 Å². The van der Waals surface area contributed by atoms with E-state index in [0.717, 1.165) is 0 Å². The first kappa shape index (κ1) is 13.2. The number of thiocarbonyl (C=S) groups is 1. The Labute approximate surface area is 114 Å². The zero-order valence-electron chi connectivity index (χ0n) is 10.1. The second-order valence-electron chi connectivity index (χ2n) is 3.82. The zero-order valence-corrected chi connectivity index (χ0v) is 10.9. The maximum Gasteiger partial charge on any atom is 0.273 e. The number of carbonyl (C=O) groups is 1. The molecule has 1 aromatic heterocycles. The average Bonchev–Trinajstić information content (AvgIpc) is 2.75. The van der Waals surface area contributed by atoms with Gasteiger partial charge in [0.05, 0.1) is 11.3 Å². The molecule has 0 bridgehead atoms. The molecule has 0 unspecified atom stereocenters. The van der Waals surface area contributed by atoms with Crippen LogP contribution in [0.2, 0.25) is 0 Å². The fourth-order valence-corrected chi connectivity index (χ4v) is 1.87. The molecule has 3 N–H and O–H groups in total. The highest BCUT2D eigenvalue weighted by Gasteiger charge is 2.15. The summed E-state index contributed by atoms with van der Waals surface area (Å²) >= 11 is 4.78. The number of aryl methyl sites for hydroxylation is 1. The Morgan fingerprint density at radius 2 is 2.21 bits per heavy atom. The second kappa shape index (κ2) is 5.15. The number of carbonyl (C=O) groups excluding carboxylic acids is 1. The van der Waals surface area contributed by atoms with Crippen LogP contribution in [0.5, 0.6) is 0 Å². The van der Waals surface area contributed by atoms with Gasteiger partial charge in [-0.15, -0.1) is 0 Å². The minimum absolute atomic E-state index is 0.0213. The summed E-state index contributed by atoms with van der Waals surface area (Å²) in [4.78, 5) is 11.9. The third kappa shape index (κ3) is 2.60. The second-order valence-corrected chi connectivity index (χ2v) is 4.26. The summed E-state index contributed by atoms with van der Waals surface area (Å²) in [5.41, 5.74) is 6.06. The van der Waals surface area contributed by atoms with Crippen molar-refractivity contribution in [2.45, 2.75) is 0 Å².